The van der Waals surface area contributed by atoms with Gasteiger partial charge in [0.1, 0.15) is 11.6 Å². The van der Waals surface area contributed by atoms with Gasteiger partial charge in [0.2, 0.25) is 11.8 Å². The van der Waals surface area contributed by atoms with Gasteiger partial charge in [-0.25, -0.2) is 4.79 Å². The number of ether oxygens (including phenoxy) is 2. The number of amides is 3. The highest BCUT2D eigenvalue weighted by Gasteiger charge is 2.68. The van der Waals surface area contributed by atoms with Crippen LogP contribution in [0.5, 0.6) is 0 Å². The second-order valence-corrected chi connectivity index (χ2v) is 13.9. The third-order valence-corrected chi connectivity index (χ3v) is 8.72. The molecule has 41 heavy (non-hydrogen) atoms. The van der Waals surface area contributed by atoms with E-state index >= 15 is 0 Å². The zero-order valence-electron chi connectivity index (χ0n) is 26.3. The van der Waals surface area contributed by atoms with Gasteiger partial charge in [0.25, 0.3) is 0 Å². The number of nitrogens with one attached hydrogen (secondary N) is 3. The van der Waals surface area contributed by atoms with Crippen LogP contribution < -0.4 is 16.0 Å². The molecule has 0 radical (unpaired) electrons. The Kier molecular flexibility index (Phi) is 10.4. The molecule has 3 N–H and O–H groups in total. The zero-order valence-corrected chi connectivity index (χ0v) is 26.3. The minimum absolute atomic E-state index is 0.0368. The first-order valence-corrected chi connectivity index (χ1v) is 15.0. The Hall–Kier alpha value is -2.34. The van der Waals surface area contributed by atoms with E-state index in [1.807, 2.05) is 0 Å². The molecule has 0 spiro atoms. The van der Waals surface area contributed by atoms with Crippen LogP contribution in [0.15, 0.2) is 0 Å². The standard InChI is InChI=1S/C29H50BN3O8/c1-10-38-24(35)12-11-23(34)31-16-19(32-26(37)39-27(4,5)6)25(36)33-22(13-17(2)3)30-40-21-15-18-14-20(28(18,7)8)29(21,9)41-30/h17-22H,10-16H2,1-9H3,(H,31,34)(H,32,37)(H,33,36)/t18-,19-,20-,21+,22-,29-/m0/s1. The van der Waals surface area contributed by atoms with Crippen molar-refractivity contribution in [2.75, 3.05) is 13.2 Å². The lowest BCUT2D eigenvalue weighted by atomic mass is 9.43. The molecule has 1 aliphatic heterocycles. The van der Waals surface area contributed by atoms with Gasteiger partial charge in [-0.2, -0.15) is 0 Å². The molecule has 6 atom stereocenters. The van der Waals surface area contributed by atoms with Crippen molar-refractivity contribution in [2.45, 2.75) is 124 Å². The van der Waals surface area contributed by atoms with Crippen LogP contribution >= 0.6 is 0 Å². The highest BCUT2D eigenvalue weighted by molar-refractivity contribution is 6.48. The van der Waals surface area contributed by atoms with Crippen LogP contribution in [-0.4, -0.2) is 73.4 Å². The molecule has 11 nitrogen and oxygen atoms in total. The molecular weight excluding hydrogens is 529 g/mol. The number of alkyl carbamates (subject to hydrolysis) is 1. The molecule has 2 bridgehead atoms. The van der Waals surface area contributed by atoms with E-state index in [0.29, 0.717) is 18.3 Å². The Morgan fingerprint density at radius 2 is 1.73 bits per heavy atom. The maximum atomic E-state index is 13.6. The molecule has 232 valence electrons. The van der Waals surface area contributed by atoms with E-state index in [2.05, 4.69) is 50.6 Å². The van der Waals surface area contributed by atoms with Crippen molar-refractivity contribution in [3.05, 3.63) is 0 Å². The SMILES string of the molecule is CCOC(=O)CCC(=O)NC[C@H](NC(=O)OC(C)(C)C)C(=O)N[C@@H](CC(C)C)B1O[C@@H]2C[C@@H]3C[C@@H](C3(C)C)[C@]2(C)O1. The van der Waals surface area contributed by atoms with Gasteiger partial charge in [0.15, 0.2) is 0 Å². The van der Waals surface area contributed by atoms with E-state index in [4.69, 9.17) is 18.8 Å². The fraction of sp³-hybridized carbons (Fsp3) is 0.862. The Labute approximate surface area is 245 Å². The smallest absolute Gasteiger partial charge is 0.466 e. The van der Waals surface area contributed by atoms with Crippen LogP contribution in [0.2, 0.25) is 0 Å². The Bertz CT molecular complexity index is 984. The van der Waals surface area contributed by atoms with Crippen LogP contribution in [0, 0.1) is 23.2 Å². The fourth-order valence-corrected chi connectivity index (χ4v) is 6.51. The van der Waals surface area contributed by atoms with Crippen molar-refractivity contribution in [3.63, 3.8) is 0 Å². The minimum Gasteiger partial charge on any atom is -0.466 e. The summed E-state index contributed by atoms with van der Waals surface area (Å²) in [5.41, 5.74) is -1.02. The lowest BCUT2D eigenvalue weighted by Crippen LogP contribution is -2.65. The van der Waals surface area contributed by atoms with E-state index in [1.54, 1.807) is 27.7 Å². The Balaban J connectivity index is 1.70. The molecule has 1 heterocycles. The molecule has 3 saturated carbocycles. The third kappa shape index (κ3) is 8.15. The fourth-order valence-electron chi connectivity index (χ4n) is 6.51. The average Bonchev–Trinajstić information content (AvgIpc) is 3.20. The van der Waals surface area contributed by atoms with Gasteiger partial charge < -0.3 is 34.7 Å². The lowest BCUT2D eigenvalue weighted by Gasteiger charge is -2.64. The van der Waals surface area contributed by atoms with Gasteiger partial charge in [0, 0.05) is 13.0 Å². The van der Waals surface area contributed by atoms with Gasteiger partial charge >= 0.3 is 19.2 Å². The second-order valence-electron chi connectivity index (χ2n) is 13.9. The van der Waals surface area contributed by atoms with Crippen LogP contribution in [0.4, 0.5) is 4.79 Å². The molecule has 0 unspecified atom stereocenters. The largest absolute Gasteiger partial charge is 0.481 e. The van der Waals surface area contributed by atoms with E-state index < -0.39 is 54.2 Å². The van der Waals surface area contributed by atoms with Crippen LogP contribution in [0.3, 0.4) is 0 Å². The van der Waals surface area contributed by atoms with E-state index in [1.165, 1.54) is 0 Å². The zero-order chi connectivity index (χ0) is 30.8. The van der Waals surface area contributed by atoms with Crippen molar-refractivity contribution < 1.29 is 38.0 Å². The second kappa shape index (κ2) is 12.9. The summed E-state index contributed by atoms with van der Waals surface area (Å²) >= 11 is 0. The maximum Gasteiger partial charge on any atom is 0.481 e. The Morgan fingerprint density at radius 1 is 1.05 bits per heavy atom. The van der Waals surface area contributed by atoms with Crippen LogP contribution in [0.25, 0.3) is 0 Å². The van der Waals surface area contributed by atoms with Gasteiger partial charge in [-0.1, -0.05) is 27.7 Å². The Morgan fingerprint density at radius 3 is 2.32 bits per heavy atom. The highest BCUT2D eigenvalue weighted by Crippen LogP contribution is 2.65. The molecule has 4 fully saturated rings. The molecule has 3 amide bonds. The van der Waals surface area contributed by atoms with Gasteiger partial charge in [-0.3, -0.25) is 14.4 Å². The summed E-state index contributed by atoms with van der Waals surface area (Å²) < 4.78 is 23.3. The number of rotatable bonds is 12. The third-order valence-electron chi connectivity index (χ3n) is 8.72. The molecular formula is C29H50BN3O8. The number of hydrogen-bond donors (Lipinski definition) is 3. The number of hydrogen-bond acceptors (Lipinski definition) is 8. The van der Waals surface area contributed by atoms with Crippen molar-refractivity contribution in [2.24, 2.45) is 23.2 Å². The van der Waals surface area contributed by atoms with Gasteiger partial charge in [-0.05, 0) is 77.0 Å². The summed E-state index contributed by atoms with van der Waals surface area (Å²) in [6.45, 7) is 17.7. The van der Waals surface area contributed by atoms with Crippen molar-refractivity contribution >= 4 is 31.0 Å². The van der Waals surface area contributed by atoms with Crippen molar-refractivity contribution in [1.29, 1.82) is 0 Å². The van der Waals surface area contributed by atoms with E-state index in [9.17, 15) is 19.2 Å². The monoisotopic (exact) mass is 579 g/mol. The molecule has 0 aromatic rings. The summed E-state index contributed by atoms with van der Waals surface area (Å²) in [4.78, 5) is 50.2. The first kappa shape index (κ1) is 33.2. The highest BCUT2D eigenvalue weighted by atomic mass is 16.7. The number of carbonyl (C=O) groups excluding carboxylic acids is 4. The molecule has 1 saturated heterocycles. The van der Waals surface area contributed by atoms with Gasteiger partial charge in [0.05, 0.1) is 30.7 Å². The summed E-state index contributed by atoms with van der Waals surface area (Å²) in [5, 5.41) is 8.26. The predicted octanol–water partition coefficient (Wildman–Crippen LogP) is 3.14. The van der Waals surface area contributed by atoms with Crippen molar-refractivity contribution in [3.8, 4) is 0 Å². The predicted molar refractivity (Wildman–Crippen MR) is 154 cm³/mol. The summed E-state index contributed by atoms with van der Waals surface area (Å²) in [5.74, 6) is -0.676. The summed E-state index contributed by atoms with van der Waals surface area (Å²) in [6.07, 6.45) is 1.65. The lowest BCUT2D eigenvalue weighted by molar-refractivity contribution is -0.199. The minimum atomic E-state index is -1.13. The molecule has 0 aromatic heterocycles. The van der Waals surface area contributed by atoms with Crippen LogP contribution in [-0.2, 0) is 33.2 Å². The molecule has 4 aliphatic rings. The first-order valence-electron chi connectivity index (χ1n) is 15.0. The molecule has 4 rings (SSSR count). The van der Waals surface area contributed by atoms with Crippen LogP contribution in [0.1, 0.15) is 94.4 Å². The summed E-state index contributed by atoms with van der Waals surface area (Å²) in [6, 6.07) is -1.13. The molecule has 12 heteroatoms. The maximum absolute atomic E-state index is 13.6. The number of esters is 1. The first-order chi connectivity index (χ1) is 19.0. The van der Waals surface area contributed by atoms with Crippen molar-refractivity contribution in [1.82, 2.24) is 16.0 Å². The van der Waals surface area contributed by atoms with Gasteiger partial charge in [-0.15, -0.1) is 0 Å². The quantitative estimate of drug-likeness (QED) is 0.237. The molecule has 3 aliphatic carbocycles. The summed E-state index contributed by atoms with van der Waals surface area (Å²) in [7, 11) is -0.632. The molecule has 0 aromatic carbocycles. The number of carbonyl (C=O) groups is 4. The average molecular weight is 580 g/mol. The van der Waals surface area contributed by atoms with E-state index in [-0.39, 0.29) is 43.4 Å². The van der Waals surface area contributed by atoms with E-state index in [0.717, 1.165) is 12.8 Å². The normalized spacial score (nSPS) is 27.7. The topological polar surface area (TPSA) is 141 Å².